The van der Waals surface area contributed by atoms with Gasteiger partial charge in [0.05, 0.1) is 11.0 Å². The summed E-state index contributed by atoms with van der Waals surface area (Å²) in [4.78, 5) is 0.216. The van der Waals surface area contributed by atoms with E-state index in [0.717, 1.165) is 19.3 Å². The van der Waals surface area contributed by atoms with Gasteiger partial charge in [0.2, 0.25) is 10.0 Å². The van der Waals surface area contributed by atoms with Crippen molar-refractivity contribution in [3.63, 3.8) is 0 Å². The zero-order valence-electron chi connectivity index (χ0n) is 10.5. The van der Waals surface area contributed by atoms with E-state index in [4.69, 9.17) is 11.0 Å². The third kappa shape index (κ3) is 6.43. The third-order valence-electron chi connectivity index (χ3n) is 2.45. The van der Waals surface area contributed by atoms with Gasteiger partial charge in [0.1, 0.15) is 0 Å². The molecule has 1 rings (SSSR count). The van der Waals surface area contributed by atoms with Crippen LogP contribution in [-0.2, 0) is 10.0 Å². The SMILES string of the molecule is Cl.N#CCCCCCNS(=O)(=O)c1ccc(N)cc1. The van der Waals surface area contributed by atoms with E-state index in [2.05, 4.69) is 10.8 Å². The Bertz CT molecular complexity index is 509. The molecular weight excluding hydrogens is 286 g/mol. The molecule has 0 fully saturated rings. The molecule has 1 aromatic carbocycles. The highest BCUT2D eigenvalue weighted by Crippen LogP contribution is 2.11. The van der Waals surface area contributed by atoms with Gasteiger partial charge in [-0.2, -0.15) is 5.26 Å². The third-order valence-corrected chi connectivity index (χ3v) is 3.92. The van der Waals surface area contributed by atoms with Crippen molar-refractivity contribution in [2.24, 2.45) is 0 Å². The second kappa shape index (κ2) is 8.75. The highest BCUT2D eigenvalue weighted by Gasteiger charge is 2.12. The molecule has 19 heavy (non-hydrogen) atoms. The highest BCUT2D eigenvalue weighted by molar-refractivity contribution is 7.89. The van der Waals surface area contributed by atoms with Crippen LogP contribution in [0.5, 0.6) is 0 Å². The summed E-state index contributed by atoms with van der Waals surface area (Å²) in [5.41, 5.74) is 6.03. The first kappa shape index (κ1) is 17.7. The molecule has 0 saturated carbocycles. The first-order valence-electron chi connectivity index (χ1n) is 5.78. The van der Waals surface area contributed by atoms with E-state index in [0.29, 0.717) is 18.7 Å². The summed E-state index contributed by atoms with van der Waals surface area (Å²) < 4.78 is 26.2. The molecule has 0 atom stereocenters. The van der Waals surface area contributed by atoms with Gasteiger partial charge in [-0.25, -0.2) is 13.1 Å². The van der Waals surface area contributed by atoms with Gasteiger partial charge >= 0.3 is 0 Å². The van der Waals surface area contributed by atoms with Gasteiger partial charge in [0.25, 0.3) is 0 Å². The van der Waals surface area contributed by atoms with Crippen LogP contribution in [0, 0.1) is 11.3 Å². The summed E-state index contributed by atoms with van der Waals surface area (Å²) in [7, 11) is -3.44. The second-order valence-corrected chi connectivity index (χ2v) is 5.70. The van der Waals surface area contributed by atoms with Crippen molar-refractivity contribution >= 4 is 28.1 Å². The average Bonchev–Trinajstić information content (AvgIpc) is 2.34. The number of sulfonamides is 1. The number of halogens is 1. The molecule has 0 aliphatic heterocycles. The molecule has 5 nitrogen and oxygen atoms in total. The average molecular weight is 304 g/mol. The van der Waals surface area contributed by atoms with E-state index in [1.807, 2.05) is 0 Å². The lowest BCUT2D eigenvalue weighted by Crippen LogP contribution is -2.24. The number of nitrogen functional groups attached to an aromatic ring is 1. The molecule has 0 aliphatic carbocycles. The predicted molar refractivity (Wildman–Crippen MR) is 77.4 cm³/mol. The van der Waals surface area contributed by atoms with Crippen LogP contribution in [0.3, 0.4) is 0 Å². The predicted octanol–water partition coefficient (Wildman–Crippen LogP) is 2.05. The number of rotatable bonds is 7. The zero-order valence-corrected chi connectivity index (χ0v) is 12.1. The monoisotopic (exact) mass is 303 g/mol. The van der Waals surface area contributed by atoms with Gasteiger partial charge in [-0.05, 0) is 37.1 Å². The second-order valence-electron chi connectivity index (χ2n) is 3.94. The Morgan fingerprint density at radius 1 is 1.16 bits per heavy atom. The molecule has 0 saturated heterocycles. The van der Waals surface area contributed by atoms with Gasteiger partial charge in [-0.3, -0.25) is 0 Å². The summed E-state index contributed by atoms with van der Waals surface area (Å²) >= 11 is 0. The van der Waals surface area contributed by atoms with Crippen LogP contribution in [0.4, 0.5) is 5.69 Å². The van der Waals surface area contributed by atoms with Gasteiger partial charge in [-0.15, -0.1) is 12.4 Å². The van der Waals surface area contributed by atoms with Crippen LogP contribution >= 0.6 is 12.4 Å². The van der Waals surface area contributed by atoms with Crippen molar-refractivity contribution in [3.8, 4) is 6.07 Å². The van der Waals surface area contributed by atoms with E-state index in [1.165, 1.54) is 12.1 Å². The van der Waals surface area contributed by atoms with Crippen LogP contribution in [0.25, 0.3) is 0 Å². The van der Waals surface area contributed by atoms with Crippen molar-refractivity contribution < 1.29 is 8.42 Å². The summed E-state index contributed by atoms with van der Waals surface area (Å²) in [6, 6.07) is 8.13. The fourth-order valence-corrected chi connectivity index (χ4v) is 2.52. The molecule has 0 aliphatic rings. The topological polar surface area (TPSA) is 96.0 Å². The lowest BCUT2D eigenvalue weighted by Gasteiger charge is -2.06. The lowest BCUT2D eigenvalue weighted by atomic mass is 10.2. The molecule has 0 radical (unpaired) electrons. The Hall–Kier alpha value is -1.29. The Morgan fingerprint density at radius 3 is 2.37 bits per heavy atom. The van der Waals surface area contributed by atoms with Gasteiger partial charge in [-0.1, -0.05) is 6.42 Å². The number of nitriles is 1. The van der Waals surface area contributed by atoms with Crippen molar-refractivity contribution in [2.75, 3.05) is 12.3 Å². The van der Waals surface area contributed by atoms with E-state index >= 15 is 0 Å². The minimum absolute atomic E-state index is 0. The minimum Gasteiger partial charge on any atom is -0.399 e. The number of hydrogen-bond donors (Lipinski definition) is 2. The largest absolute Gasteiger partial charge is 0.399 e. The zero-order chi connectivity index (χ0) is 13.4. The smallest absolute Gasteiger partial charge is 0.240 e. The summed E-state index contributed by atoms with van der Waals surface area (Å²) in [6.45, 7) is 0.387. The van der Waals surface area contributed by atoms with Gasteiger partial charge < -0.3 is 5.73 Å². The Balaban J connectivity index is 0.00000324. The summed E-state index contributed by atoms with van der Waals surface area (Å²) in [6.07, 6.45) is 2.90. The summed E-state index contributed by atoms with van der Waals surface area (Å²) in [5, 5.41) is 8.35. The number of nitrogens with one attached hydrogen (secondary N) is 1. The molecule has 7 heteroatoms. The number of unbranched alkanes of at least 4 members (excludes halogenated alkanes) is 3. The van der Waals surface area contributed by atoms with Gasteiger partial charge in [0, 0.05) is 18.7 Å². The van der Waals surface area contributed by atoms with Crippen LogP contribution in [0.15, 0.2) is 29.2 Å². The molecular formula is C12H18ClN3O2S. The van der Waals surface area contributed by atoms with Crippen LogP contribution in [0.1, 0.15) is 25.7 Å². The first-order valence-corrected chi connectivity index (χ1v) is 7.27. The fraction of sp³-hybridized carbons (Fsp3) is 0.417. The van der Waals surface area contributed by atoms with Crippen LogP contribution in [0.2, 0.25) is 0 Å². The Morgan fingerprint density at radius 2 is 1.79 bits per heavy atom. The van der Waals surface area contributed by atoms with Crippen molar-refractivity contribution in [1.82, 2.24) is 4.72 Å². The van der Waals surface area contributed by atoms with Crippen LogP contribution < -0.4 is 10.5 Å². The standard InChI is InChI=1S/C12H17N3O2S.ClH/c13-9-3-1-2-4-10-15-18(16,17)12-7-5-11(14)6-8-12;/h5-8,15H,1-4,10,14H2;1H. The number of benzene rings is 1. The van der Waals surface area contributed by atoms with Crippen molar-refractivity contribution in [3.05, 3.63) is 24.3 Å². The van der Waals surface area contributed by atoms with E-state index in [9.17, 15) is 8.42 Å². The molecule has 0 heterocycles. The molecule has 0 bridgehead atoms. The molecule has 1 aromatic rings. The molecule has 0 aromatic heterocycles. The number of nitrogens with zero attached hydrogens (tertiary/aromatic N) is 1. The maximum Gasteiger partial charge on any atom is 0.240 e. The number of hydrogen-bond acceptors (Lipinski definition) is 4. The number of anilines is 1. The minimum atomic E-state index is -3.44. The van der Waals surface area contributed by atoms with Crippen molar-refractivity contribution in [2.45, 2.75) is 30.6 Å². The molecule has 106 valence electrons. The molecule has 3 N–H and O–H groups in total. The maximum absolute atomic E-state index is 11.8. The van der Waals surface area contributed by atoms with Crippen molar-refractivity contribution in [1.29, 1.82) is 5.26 Å². The Kier molecular flexibility index (Phi) is 8.16. The van der Waals surface area contributed by atoms with Gasteiger partial charge in [0.15, 0.2) is 0 Å². The maximum atomic E-state index is 11.8. The Labute approximate surface area is 120 Å². The summed E-state index contributed by atoms with van der Waals surface area (Å²) in [5.74, 6) is 0. The molecule has 0 spiro atoms. The van der Waals surface area contributed by atoms with E-state index < -0.39 is 10.0 Å². The lowest BCUT2D eigenvalue weighted by molar-refractivity contribution is 0.575. The quantitative estimate of drug-likeness (QED) is 0.595. The number of nitrogens with two attached hydrogens (primary N) is 1. The van der Waals surface area contributed by atoms with Crippen LogP contribution in [-0.4, -0.2) is 15.0 Å². The fourth-order valence-electron chi connectivity index (χ4n) is 1.44. The normalized spacial score (nSPS) is 10.5. The van der Waals surface area contributed by atoms with E-state index in [-0.39, 0.29) is 17.3 Å². The molecule has 0 amide bonds. The first-order chi connectivity index (χ1) is 8.56. The van der Waals surface area contributed by atoms with E-state index in [1.54, 1.807) is 12.1 Å². The molecule has 0 unspecified atom stereocenters. The highest BCUT2D eigenvalue weighted by atomic mass is 35.5.